The van der Waals surface area contributed by atoms with E-state index in [4.69, 9.17) is 0 Å². The SMILES string of the molecule is CCCC(S)CSCCSCC(S)CS. The molecule has 0 fully saturated rings. The van der Waals surface area contributed by atoms with Gasteiger partial charge in [-0.1, -0.05) is 13.3 Å². The van der Waals surface area contributed by atoms with Gasteiger partial charge >= 0.3 is 0 Å². The molecule has 0 nitrogen and oxygen atoms in total. The lowest BCUT2D eigenvalue weighted by Crippen LogP contribution is -2.06. The molecular weight excluding hydrogens is 280 g/mol. The third-order valence-corrected chi connectivity index (χ3v) is 6.37. The summed E-state index contributed by atoms with van der Waals surface area (Å²) in [7, 11) is 0. The van der Waals surface area contributed by atoms with Gasteiger partial charge in [-0.2, -0.15) is 61.4 Å². The first-order chi connectivity index (χ1) is 7.20. The van der Waals surface area contributed by atoms with Crippen molar-refractivity contribution in [3.8, 4) is 0 Å². The molecule has 0 N–H and O–H groups in total. The fourth-order valence-corrected chi connectivity index (χ4v) is 4.33. The van der Waals surface area contributed by atoms with Gasteiger partial charge < -0.3 is 0 Å². The Morgan fingerprint density at radius 2 is 1.53 bits per heavy atom. The maximum Gasteiger partial charge on any atom is 0.0196 e. The molecule has 0 heterocycles. The zero-order valence-electron chi connectivity index (χ0n) is 9.26. The second kappa shape index (κ2) is 12.2. The first-order valence-electron chi connectivity index (χ1n) is 5.33. The molecule has 0 saturated carbocycles. The third kappa shape index (κ3) is 12.0. The first-order valence-corrected chi connectivity index (χ1v) is 9.30. The normalized spacial score (nSPS) is 15.2. The molecule has 5 heteroatoms. The molecule has 0 aliphatic heterocycles. The van der Waals surface area contributed by atoms with Crippen LogP contribution in [0.4, 0.5) is 0 Å². The Labute approximate surface area is 120 Å². The second-order valence-corrected chi connectivity index (χ2v) is 7.55. The number of hydrogen-bond acceptors (Lipinski definition) is 5. The monoisotopic (exact) mass is 302 g/mol. The highest BCUT2D eigenvalue weighted by Crippen LogP contribution is 2.15. The second-order valence-electron chi connectivity index (χ2n) is 3.43. The molecule has 0 amide bonds. The van der Waals surface area contributed by atoms with Crippen LogP contribution in [0.15, 0.2) is 0 Å². The predicted molar refractivity (Wildman–Crippen MR) is 89.0 cm³/mol. The summed E-state index contributed by atoms with van der Waals surface area (Å²) in [5.74, 6) is 5.64. The van der Waals surface area contributed by atoms with E-state index >= 15 is 0 Å². The van der Waals surface area contributed by atoms with E-state index in [9.17, 15) is 0 Å². The fraction of sp³-hybridized carbons (Fsp3) is 1.00. The standard InChI is InChI=1S/C10H22S5/c1-2-3-9(12)7-14-4-5-15-8-10(13)6-11/h9-13H,2-8H2,1H3. The minimum Gasteiger partial charge on any atom is -0.178 e. The van der Waals surface area contributed by atoms with Crippen molar-refractivity contribution >= 4 is 61.4 Å². The summed E-state index contributed by atoms with van der Waals surface area (Å²) in [5, 5.41) is 1.03. The van der Waals surface area contributed by atoms with Gasteiger partial charge in [-0.3, -0.25) is 0 Å². The van der Waals surface area contributed by atoms with Crippen molar-refractivity contribution in [2.75, 3.05) is 28.8 Å². The van der Waals surface area contributed by atoms with Crippen LogP contribution in [0.2, 0.25) is 0 Å². The summed E-state index contributed by atoms with van der Waals surface area (Å²) in [6.45, 7) is 2.22. The van der Waals surface area contributed by atoms with E-state index in [0.717, 1.165) is 11.5 Å². The van der Waals surface area contributed by atoms with Crippen LogP contribution in [0.1, 0.15) is 19.8 Å². The minimum atomic E-state index is 0.445. The maximum absolute atomic E-state index is 4.53. The highest BCUT2D eigenvalue weighted by atomic mass is 32.2. The fourth-order valence-electron chi connectivity index (χ4n) is 1.03. The summed E-state index contributed by atoms with van der Waals surface area (Å²) in [4.78, 5) is 0. The quantitative estimate of drug-likeness (QED) is 0.415. The summed E-state index contributed by atoms with van der Waals surface area (Å²) < 4.78 is 0. The lowest BCUT2D eigenvalue weighted by Gasteiger charge is -2.09. The van der Waals surface area contributed by atoms with Crippen LogP contribution in [-0.4, -0.2) is 39.3 Å². The van der Waals surface area contributed by atoms with Crippen LogP contribution < -0.4 is 0 Å². The molecule has 0 aliphatic rings. The van der Waals surface area contributed by atoms with Crippen LogP contribution in [0.5, 0.6) is 0 Å². The van der Waals surface area contributed by atoms with Gasteiger partial charge in [0.2, 0.25) is 0 Å². The van der Waals surface area contributed by atoms with E-state index in [1.807, 2.05) is 23.5 Å². The van der Waals surface area contributed by atoms with Crippen LogP contribution in [0.25, 0.3) is 0 Å². The zero-order chi connectivity index (χ0) is 11.5. The lowest BCUT2D eigenvalue weighted by molar-refractivity contribution is 0.798. The lowest BCUT2D eigenvalue weighted by atomic mass is 10.3. The predicted octanol–water partition coefficient (Wildman–Crippen LogP) is 3.78. The minimum absolute atomic E-state index is 0.445. The van der Waals surface area contributed by atoms with Gasteiger partial charge in [0.25, 0.3) is 0 Å². The van der Waals surface area contributed by atoms with Crippen LogP contribution in [0.3, 0.4) is 0 Å². The topological polar surface area (TPSA) is 0 Å². The largest absolute Gasteiger partial charge is 0.178 e. The summed E-state index contributed by atoms with van der Waals surface area (Å²) >= 11 is 17.1. The molecule has 0 radical (unpaired) electrons. The van der Waals surface area contributed by atoms with Gasteiger partial charge in [-0.05, 0) is 6.42 Å². The van der Waals surface area contributed by atoms with Gasteiger partial charge in [0, 0.05) is 39.3 Å². The average Bonchev–Trinajstić information content (AvgIpc) is 2.23. The Bertz CT molecular complexity index is 131. The smallest absolute Gasteiger partial charge is 0.0196 e. The van der Waals surface area contributed by atoms with Crippen LogP contribution in [-0.2, 0) is 0 Å². The van der Waals surface area contributed by atoms with Crippen molar-refractivity contribution in [1.82, 2.24) is 0 Å². The van der Waals surface area contributed by atoms with E-state index < -0.39 is 0 Å². The van der Waals surface area contributed by atoms with Crippen LogP contribution in [0, 0.1) is 0 Å². The molecule has 2 unspecified atom stereocenters. The Balaban J connectivity index is 3.11. The van der Waals surface area contributed by atoms with Crippen LogP contribution >= 0.6 is 61.4 Å². The third-order valence-electron chi connectivity index (χ3n) is 1.83. The van der Waals surface area contributed by atoms with Crippen molar-refractivity contribution in [1.29, 1.82) is 0 Å². The van der Waals surface area contributed by atoms with E-state index in [0.29, 0.717) is 10.5 Å². The number of hydrogen-bond donors (Lipinski definition) is 3. The highest BCUT2D eigenvalue weighted by Gasteiger charge is 2.02. The van der Waals surface area contributed by atoms with Crippen molar-refractivity contribution in [2.24, 2.45) is 0 Å². The van der Waals surface area contributed by atoms with Crippen molar-refractivity contribution in [3.05, 3.63) is 0 Å². The van der Waals surface area contributed by atoms with Gasteiger partial charge in [-0.25, -0.2) is 0 Å². The van der Waals surface area contributed by atoms with E-state index in [1.54, 1.807) is 0 Å². The first kappa shape index (κ1) is 16.8. The number of rotatable bonds is 10. The van der Waals surface area contributed by atoms with Gasteiger partial charge in [-0.15, -0.1) is 0 Å². The molecule has 0 spiro atoms. The molecular formula is C10H22S5. The molecule has 92 valence electrons. The molecule has 2 atom stereocenters. The maximum atomic E-state index is 4.53. The molecule has 0 aromatic rings. The Kier molecular flexibility index (Phi) is 13.6. The zero-order valence-corrected chi connectivity index (χ0v) is 13.6. The molecule has 15 heavy (non-hydrogen) atoms. The molecule has 0 aromatic carbocycles. The summed E-state index contributed by atoms with van der Waals surface area (Å²) in [6.07, 6.45) is 2.48. The molecule has 0 saturated heterocycles. The molecule has 0 aliphatic carbocycles. The number of thiol groups is 3. The van der Waals surface area contributed by atoms with Gasteiger partial charge in [0.15, 0.2) is 0 Å². The number of thioether (sulfide) groups is 2. The van der Waals surface area contributed by atoms with Crippen molar-refractivity contribution in [3.63, 3.8) is 0 Å². The Morgan fingerprint density at radius 3 is 2.00 bits per heavy atom. The Morgan fingerprint density at radius 1 is 1.00 bits per heavy atom. The summed E-state index contributed by atoms with van der Waals surface area (Å²) in [6, 6.07) is 0. The van der Waals surface area contributed by atoms with Crippen molar-refractivity contribution < 1.29 is 0 Å². The van der Waals surface area contributed by atoms with Gasteiger partial charge in [0.05, 0.1) is 0 Å². The highest BCUT2D eigenvalue weighted by molar-refractivity contribution is 8.03. The van der Waals surface area contributed by atoms with E-state index in [1.165, 1.54) is 30.1 Å². The van der Waals surface area contributed by atoms with E-state index in [2.05, 4.69) is 44.8 Å². The summed E-state index contributed by atoms with van der Waals surface area (Å²) in [5.41, 5.74) is 0. The Hall–Kier alpha value is 1.75. The molecule has 0 aromatic heterocycles. The molecule has 0 rings (SSSR count). The molecule has 0 bridgehead atoms. The average molecular weight is 303 g/mol. The van der Waals surface area contributed by atoms with Gasteiger partial charge in [0.1, 0.15) is 0 Å². The van der Waals surface area contributed by atoms with E-state index in [-0.39, 0.29) is 0 Å². The van der Waals surface area contributed by atoms with Crippen molar-refractivity contribution in [2.45, 2.75) is 30.3 Å².